The number of hydrogen-bond acceptors (Lipinski definition) is 4. The summed E-state index contributed by atoms with van der Waals surface area (Å²) >= 11 is 0. The summed E-state index contributed by atoms with van der Waals surface area (Å²) in [5.41, 5.74) is 0.428. The number of halogens is 3. The normalized spacial score (nSPS) is 12.6. The number of nitrogens with one attached hydrogen (secondary N) is 1. The summed E-state index contributed by atoms with van der Waals surface area (Å²) in [4.78, 5) is 11.8. The number of fused-ring (bicyclic) bond motifs is 1. The highest BCUT2D eigenvalue weighted by atomic mass is 19.4. The van der Waals surface area contributed by atoms with Crippen molar-refractivity contribution < 1.29 is 18.0 Å². The Balaban J connectivity index is 2.31. The van der Waals surface area contributed by atoms with Crippen molar-refractivity contribution in [3.8, 4) is 6.07 Å². The molecule has 3 aromatic rings. The summed E-state index contributed by atoms with van der Waals surface area (Å²) in [5, 5.41) is 19.4. The standard InChI is InChI=1S/C17H9F3N4O/c18-17(19,20)16(25)12(9-21)15(10-4-2-1-3-5-10)11-6-7-13-14(8-11)23-24-22-13/h1-8H,(H,22,23,24)/b15-12+. The summed E-state index contributed by atoms with van der Waals surface area (Å²) in [6.45, 7) is 0. The van der Waals surface area contributed by atoms with Gasteiger partial charge in [-0.05, 0) is 23.3 Å². The number of benzene rings is 2. The van der Waals surface area contributed by atoms with Crippen LogP contribution in [0.3, 0.4) is 0 Å². The van der Waals surface area contributed by atoms with Crippen LogP contribution < -0.4 is 0 Å². The number of hydrogen-bond donors (Lipinski definition) is 1. The predicted molar refractivity (Wildman–Crippen MR) is 83.0 cm³/mol. The lowest BCUT2D eigenvalue weighted by Gasteiger charge is -2.12. The van der Waals surface area contributed by atoms with Crippen LogP contribution >= 0.6 is 0 Å². The van der Waals surface area contributed by atoms with Gasteiger partial charge in [0, 0.05) is 5.57 Å². The Morgan fingerprint density at radius 2 is 1.68 bits per heavy atom. The van der Waals surface area contributed by atoms with Gasteiger partial charge in [0.2, 0.25) is 0 Å². The molecule has 0 aliphatic rings. The Morgan fingerprint density at radius 1 is 1.00 bits per heavy atom. The number of aromatic nitrogens is 3. The van der Waals surface area contributed by atoms with E-state index in [4.69, 9.17) is 0 Å². The first-order chi connectivity index (χ1) is 11.9. The van der Waals surface area contributed by atoms with E-state index in [2.05, 4.69) is 15.4 Å². The van der Waals surface area contributed by atoms with E-state index in [0.29, 0.717) is 16.6 Å². The van der Waals surface area contributed by atoms with Crippen LogP contribution in [0.1, 0.15) is 11.1 Å². The minimum absolute atomic E-state index is 0.102. The summed E-state index contributed by atoms with van der Waals surface area (Å²) < 4.78 is 38.8. The lowest BCUT2D eigenvalue weighted by Crippen LogP contribution is -2.25. The number of H-pyrrole nitrogens is 1. The molecule has 0 aliphatic heterocycles. The number of Topliss-reactive ketones (excluding diaryl/α,β-unsaturated/α-hetero) is 1. The van der Waals surface area contributed by atoms with Crippen LogP contribution in [0.2, 0.25) is 0 Å². The molecule has 25 heavy (non-hydrogen) atoms. The second-order valence-corrected chi connectivity index (χ2v) is 5.08. The zero-order valence-corrected chi connectivity index (χ0v) is 12.5. The number of ketones is 1. The van der Waals surface area contributed by atoms with Crippen molar-refractivity contribution in [1.29, 1.82) is 5.26 Å². The first-order valence-electron chi connectivity index (χ1n) is 7.04. The molecule has 0 bridgehead atoms. The Bertz CT molecular complexity index is 1010. The maximum absolute atomic E-state index is 12.9. The molecule has 0 saturated carbocycles. The molecule has 1 heterocycles. The molecule has 5 nitrogen and oxygen atoms in total. The van der Waals surface area contributed by atoms with Gasteiger partial charge in [0.25, 0.3) is 5.78 Å². The first kappa shape index (κ1) is 16.4. The second-order valence-electron chi connectivity index (χ2n) is 5.08. The number of nitriles is 1. The van der Waals surface area contributed by atoms with Crippen LogP contribution in [0.4, 0.5) is 13.2 Å². The number of rotatable bonds is 3. The maximum Gasteiger partial charge on any atom is 0.455 e. The molecule has 2 aromatic carbocycles. The molecule has 0 spiro atoms. The number of alkyl halides is 3. The Hall–Kier alpha value is -3.47. The Kier molecular flexibility index (Phi) is 4.07. The SMILES string of the molecule is N#C/C(C(=O)C(F)(F)F)=C(/c1ccccc1)c1ccc2n[nH]nc2c1. The highest BCUT2D eigenvalue weighted by molar-refractivity contribution is 6.12. The molecule has 124 valence electrons. The van der Waals surface area contributed by atoms with Crippen LogP contribution in [0, 0.1) is 11.3 Å². The summed E-state index contributed by atoms with van der Waals surface area (Å²) in [6, 6.07) is 13.9. The fraction of sp³-hybridized carbons (Fsp3) is 0.0588. The summed E-state index contributed by atoms with van der Waals surface area (Å²) in [7, 11) is 0. The molecule has 0 radical (unpaired) electrons. The average molecular weight is 342 g/mol. The average Bonchev–Trinajstić information content (AvgIpc) is 3.06. The fourth-order valence-corrected chi connectivity index (χ4v) is 2.42. The monoisotopic (exact) mass is 342 g/mol. The molecule has 0 unspecified atom stereocenters. The number of nitrogens with zero attached hydrogens (tertiary/aromatic N) is 3. The Morgan fingerprint density at radius 3 is 2.32 bits per heavy atom. The topological polar surface area (TPSA) is 82.4 Å². The van der Waals surface area contributed by atoms with Gasteiger partial charge in [-0.15, -0.1) is 0 Å². The van der Waals surface area contributed by atoms with E-state index >= 15 is 0 Å². The van der Waals surface area contributed by atoms with Crippen molar-refractivity contribution in [2.75, 3.05) is 0 Å². The van der Waals surface area contributed by atoms with E-state index in [-0.39, 0.29) is 11.1 Å². The van der Waals surface area contributed by atoms with E-state index in [0.717, 1.165) is 0 Å². The van der Waals surface area contributed by atoms with Crippen molar-refractivity contribution in [1.82, 2.24) is 15.4 Å². The molecule has 1 N–H and O–H groups in total. The van der Waals surface area contributed by atoms with E-state index in [1.165, 1.54) is 30.3 Å². The van der Waals surface area contributed by atoms with Gasteiger partial charge >= 0.3 is 6.18 Å². The Labute approximate surface area is 139 Å². The van der Waals surface area contributed by atoms with E-state index in [1.54, 1.807) is 24.3 Å². The van der Waals surface area contributed by atoms with Crippen LogP contribution in [0.15, 0.2) is 54.1 Å². The van der Waals surface area contributed by atoms with E-state index in [9.17, 15) is 23.2 Å². The number of allylic oxidation sites excluding steroid dienone is 1. The van der Waals surface area contributed by atoms with E-state index in [1.807, 2.05) is 0 Å². The van der Waals surface area contributed by atoms with Crippen LogP contribution in [-0.2, 0) is 4.79 Å². The lowest BCUT2D eigenvalue weighted by atomic mass is 9.91. The van der Waals surface area contributed by atoms with Crippen molar-refractivity contribution in [3.05, 3.63) is 65.2 Å². The van der Waals surface area contributed by atoms with Crippen LogP contribution in [-0.4, -0.2) is 27.4 Å². The molecule has 0 saturated heterocycles. The third-order valence-electron chi connectivity index (χ3n) is 3.51. The largest absolute Gasteiger partial charge is 0.455 e. The minimum Gasteiger partial charge on any atom is -0.283 e. The van der Waals surface area contributed by atoms with Crippen molar-refractivity contribution in [3.63, 3.8) is 0 Å². The van der Waals surface area contributed by atoms with Gasteiger partial charge in [-0.1, -0.05) is 36.4 Å². The highest BCUT2D eigenvalue weighted by Gasteiger charge is 2.42. The second kappa shape index (κ2) is 6.20. The number of carbonyl (C=O) groups excluding carboxylic acids is 1. The maximum atomic E-state index is 12.9. The molecule has 0 aliphatic carbocycles. The van der Waals surface area contributed by atoms with Gasteiger partial charge in [0.05, 0.1) is 0 Å². The first-order valence-corrected chi connectivity index (χ1v) is 7.04. The van der Waals surface area contributed by atoms with Gasteiger partial charge in [-0.25, -0.2) is 0 Å². The van der Waals surface area contributed by atoms with Gasteiger partial charge in [-0.3, -0.25) is 4.79 Å². The molecule has 0 atom stereocenters. The molecule has 0 fully saturated rings. The van der Waals surface area contributed by atoms with Crippen LogP contribution in [0.25, 0.3) is 16.6 Å². The predicted octanol–water partition coefficient (Wildman–Crippen LogP) is 3.41. The van der Waals surface area contributed by atoms with Gasteiger partial charge < -0.3 is 0 Å². The molecule has 3 rings (SSSR count). The highest BCUT2D eigenvalue weighted by Crippen LogP contribution is 2.32. The van der Waals surface area contributed by atoms with E-state index < -0.39 is 17.5 Å². The van der Waals surface area contributed by atoms with Crippen molar-refractivity contribution in [2.45, 2.75) is 6.18 Å². The van der Waals surface area contributed by atoms with Gasteiger partial charge in [-0.2, -0.15) is 33.8 Å². The molecular weight excluding hydrogens is 333 g/mol. The summed E-state index contributed by atoms with van der Waals surface area (Å²) in [5.74, 6) is -2.19. The number of carbonyl (C=O) groups is 1. The number of aromatic amines is 1. The fourth-order valence-electron chi connectivity index (χ4n) is 2.42. The third kappa shape index (κ3) is 3.12. The smallest absolute Gasteiger partial charge is 0.283 e. The minimum atomic E-state index is -5.15. The third-order valence-corrected chi connectivity index (χ3v) is 3.51. The molecular formula is C17H9F3N4O. The van der Waals surface area contributed by atoms with Crippen LogP contribution in [0.5, 0.6) is 0 Å². The summed E-state index contributed by atoms with van der Waals surface area (Å²) in [6.07, 6.45) is -5.15. The van der Waals surface area contributed by atoms with Gasteiger partial charge in [0.15, 0.2) is 0 Å². The molecule has 1 aromatic heterocycles. The molecule has 0 amide bonds. The van der Waals surface area contributed by atoms with Crippen molar-refractivity contribution in [2.24, 2.45) is 0 Å². The molecule has 8 heteroatoms. The van der Waals surface area contributed by atoms with Gasteiger partial charge in [0.1, 0.15) is 22.7 Å². The lowest BCUT2D eigenvalue weighted by molar-refractivity contribution is -0.166. The zero-order valence-electron chi connectivity index (χ0n) is 12.5. The van der Waals surface area contributed by atoms with Crippen molar-refractivity contribution >= 4 is 22.4 Å². The quantitative estimate of drug-likeness (QED) is 0.584. The zero-order chi connectivity index (χ0) is 18.0.